The van der Waals surface area contributed by atoms with Crippen molar-refractivity contribution < 1.29 is 33.4 Å². The number of aryl methyl sites for hydroxylation is 1. The number of carbonyl (C=O) groups is 3. The molecular weight excluding hydrogens is 518 g/mol. The molecule has 4 fully saturated rings. The molecule has 4 heterocycles. The monoisotopic (exact) mass is 546 g/mol. The van der Waals surface area contributed by atoms with Crippen LogP contribution in [0.15, 0.2) is 18.2 Å². The summed E-state index contributed by atoms with van der Waals surface area (Å²) in [4.78, 5) is 40.1. The molecule has 1 spiro atoms. The minimum atomic E-state index is -2.96. The molecule has 6 rings (SSSR count). The SMILES string of the molecule is N=C1N[C@H]2[C@H](CN3C(=O)CCC3=O)NC(=N)N3CC(NC(=O)c4cccc5c4CC(F)(F)CC5)C(O)(O)C23N1. The second-order valence-corrected chi connectivity index (χ2v) is 10.7. The van der Waals surface area contributed by atoms with Gasteiger partial charge in [0.25, 0.3) is 11.8 Å². The van der Waals surface area contributed by atoms with Crippen molar-refractivity contribution in [1.29, 1.82) is 10.8 Å². The van der Waals surface area contributed by atoms with E-state index >= 15 is 0 Å². The Hall–Kier alpha value is -3.85. The molecule has 1 aromatic rings. The van der Waals surface area contributed by atoms with Crippen molar-refractivity contribution in [3.05, 3.63) is 34.9 Å². The van der Waals surface area contributed by atoms with Gasteiger partial charge in [0.05, 0.1) is 18.6 Å². The smallest absolute Gasteiger partial charge is 0.252 e. The molecule has 208 valence electrons. The van der Waals surface area contributed by atoms with Crippen LogP contribution in [0.25, 0.3) is 0 Å². The second-order valence-electron chi connectivity index (χ2n) is 10.7. The molecule has 5 aliphatic rings. The zero-order chi connectivity index (χ0) is 27.9. The fraction of sp³-hybridized carbons (Fsp3) is 0.542. The number of likely N-dealkylation sites (tertiary alicyclic amines) is 1. The lowest BCUT2D eigenvalue weighted by Gasteiger charge is -2.51. The van der Waals surface area contributed by atoms with Crippen molar-refractivity contribution in [2.45, 2.75) is 67.6 Å². The molecule has 0 saturated carbocycles. The summed E-state index contributed by atoms with van der Waals surface area (Å²) in [5.41, 5.74) is -1.09. The number of nitrogens with one attached hydrogen (secondary N) is 6. The Morgan fingerprint density at radius 2 is 1.85 bits per heavy atom. The number of guanidine groups is 2. The van der Waals surface area contributed by atoms with Crippen molar-refractivity contribution in [2.75, 3.05) is 13.1 Å². The van der Waals surface area contributed by atoms with Gasteiger partial charge >= 0.3 is 0 Å². The predicted molar refractivity (Wildman–Crippen MR) is 130 cm³/mol. The lowest BCUT2D eigenvalue weighted by Crippen LogP contribution is -2.81. The summed E-state index contributed by atoms with van der Waals surface area (Å²) in [5.74, 6) is -7.87. The molecule has 8 N–H and O–H groups in total. The number of alkyl halides is 2. The van der Waals surface area contributed by atoms with Crippen molar-refractivity contribution >= 4 is 29.6 Å². The van der Waals surface area contributed by atoms with Gasteiger partial charge < -0.3 is 36.4 Å². The molecule has 13 nitrogen and oxygen atoms in total. The van der Waals surface area contributed by atoms with E-state index in [9.17, 15) is 33.4 Å². The van der Waals surface area contributed by atoms with Gasteiger partial charge in [-0.15, -0.1) is 0 Å². The third-order valence-corrected chi connectivity index (χ3v) is 8.45. The lowest BCUT2D eigenvalue weighted by molar-refractivity contribution is -0.232. The van der Waals surface area contributed by atoms with Crippen LogP contribution >= 0.6 is 0 Å². The van der Waals surface area contributed by atoms with Gasteiger partial charge in [-0.1, -0.05) is 12.1 Å². The van der Waals surface area contributed by atoms with Crippen LogP contribution in [0.5, 0.6) is 0 Å². The third kappa shape index (κ3) is 3.66. The van der Waals surface area contributed by atoms with E-state index in [1.165, 1.54) is 11.0 Å². The number of benzene rings is 1. The Morgan fingerprint density at radius 3 is 2.56 bits per heavy atom. The van der Waals surface area contributed by atoms with Crippen molar-refractivity contribution in [3.8, 4) is 0 Å². The maximum atomic E-state index is 14.2. The molecule has 4 atom stereocenters. The highest BCUT2D eigenvalue weighted by molar-refractivity contribution is 6.02. The van der Waals surface area contributed by atoms with Gasteiger partial charge in [-0.05, 0) is 23.6 Å². The Balaban J connectivity index is 1.30. The number of hydrogen-bond donors (Lipinski definition) is 8. The Labute approximate surface area is 220 Å². The molecule has 0 bridgehead atoms. The van der Waals surface area contributed by atoms with E-state index in [2.05, 4.69) is 21.3 Å². The summed E-state index contributed by atoms with van der Waals surface area (Å²) < 4.78 is 28.4. The van der Waals surface area contributed by atoms with E-state index < -0.39 is 59.6 Å². The average Bonchev–Trinajstić information content (AvgIpc) is 3.46. The molecule has 0 radical (unpaired) electrons. The summed E-state index contributed by atoms with van der Waals surface area (Å²) in [5, 5.41) is 50.8. The van der Waals surface area contributed by atoms with E-state index in [-0.39, 0.29) is 61.8 Å². The van der Waals surface area contributed by atoms with E-state index in [0.29, 0.717) is 5.56 Å². The zero-order valence-electron chi connectivity index (χ0n) is 20.7. The number of rotatable bonds is 4. The number of fused-ring (bicyclic) bond motifs is 1. The second kappa shape index (κ2) is 8.32. The molecule has 3 amide bonds. The van der Waals surface area contributed by atoms with E-state index in [0.717, 1.165) is 4.90 Å². The highest BCUT2D eigenvalue weighted by atomic mass is 19.3. The van der Waals surface area contributed by atoms with E-state index in [1.807, 2.05) is 0 Å². The Morgan fingerprint density at radius 1 is 1.13 bits per heavy atom. The first kappa shape index (κ1) is 25.4. The predicted octanol–water partition coefficient (Wildman–Crippen LogP) is -1.85. The number of halogens is 2. The quantitative estimate of drug-likeness (QED) is 0.158. The van der Waals surface area contributed by atoms with Crippen molar-refractivity contribution in [1.82, 2.24) is 31.1 Å². The molecule has 2 unspecified atom stereocenters. The summed E-state index contributed by atoms with van der Waals surface area (Å²) in [6, 6.07) is 1.36. The van der Waals surface area contributed by atoms with Gasteiger partial charge in [0.2, 0.25) is 17.6 Å². The van der Waals surface area contributed by atoms with E-state index in [4.69, 9.17) is 10.8 Å². The zero-order valence-corrected chi connectivity index (χ0v) is 20.7. The molecule has 15 heteroatoms. The van der Waals surface area contributed by atoms with Gasteiger partial charge in [-0.3, -0.25) is 30.1 Å². The van der Waals surface area contributed by atoms with Crippen LogP contribution in [0.4, 0.5) is 8.78 Å². The largest absolute Gasteiger partial charge is 0.361 e. The summed E-state index contributed by atoms with van der Waals surface area (Å²) in [6.07, 6.45) is -0.706. The van der Waals surface area contributed by atoms with Gasteiger partial charge in [-0.2, -0.15) is 0 Å². The topological polar surface area (TPSA) is 194 Å². The maximum Gasteiger partial charge on any atom is 0.252 e. The van der Waals surface area contributed by atoms with E-state index in [1.54, 1.807) is 12.1 Å². The van der Waals surface area contributed by atoms with Crippen LogP contribution in [0, 0.1) is 10.8 Å². The minimum absolute atomic E-state index is 0.00369. The lowest BCUT2D eigenvalue weighted by atomic mass is 9.84. The standard InChI is InChI=1S/C24H28F2N8O5/c25-22(26)7-6-11-2-1-3-12(13(11)8-22)19(37)30-15-10-34-21(28)29-14(9-33-16(35)4-5-17(33)36)18-23(34,24(15,38)39)32-20(27)31-18/h1-3,14-15,18,38-39H,4-10H2,(H2,28,29)(H,30,37)(H3,27,31,32)/t14-,15?,18-,23?/m0/s1. The number of carbonyl (C=O) groups excluding carboxylic acids is 3. The van der Waals surface area contributed by atoms with Gasteiger partial charge in [0, 0.05) is 37.8 Å². The summed E-state index contributed by atoms with van der Waals surface area (Å²) >= 11 is 0. The fourth-order valence-corrected chi connectivity index (χ4v) is 6.55. The summed E-state index contributed by atoms with van der Waals surface area (Å²) in [6.45, 7) is -0.456. The molecule has 1 aromatic carbocycles. The van der Waals surface area contributed by atoms with Crippen LogP contribution < -0.4 is 21.3 Å². The molecule has 4 saturated heterocycles. The highest BCUT2D eigenvalue weighted by Gasteiger charge is 2.74. The number of hydrogen-bond acceptors (Lipinski definition) is 7. The first-order chi connectivity index (χ1) is 18.3. The van der Waals surface area contributed by atoms with Crippen LogP contribution in [0.2, 0.25) is 0 Å². The van der Waals surface area contributed by atoms with Gasteiger partial charge in [0.15, 0.2) is 17.6 Å². The molecule has 0 aromatic heterocycles. The molecular formula is C24H28F2N8O5. The first-order valence-corrected chi connectivity index (χ1v) is 12.7. The van der Waals surface area contributed by atoms with Gasteiger partial charge in [-0.25, -0.2) is 8.78 Å². The van der Waals surface area contributed by atoms with Crippen molar-refractivity contribution in [2.24, 2.45) is 0 Å². The Bertz CT molecular complexity index is 1310. The number of aliphatic hydroxyl groups is 2. The van der Waals surface area contributed by atoms with Gasteiger partial charge in [0.1, 0.15) is 6.04 Å². The van der Waals surface area contributed by atoms with Crippen molar-refractivity contribution in [3.63, 3.8) is 0 Å². The van der Waals surface area contributed by atoms with Crippen LogP contribution in [0.1, 0.15) is 40.7 Å². The molecule has 1 aliphatic carbocycles. The van der Waals surface area contributed by atoms with Crippen LogP contribution in [0.3, 0.4) is 0 Å². The number of imide groups is 1. The third-order valence-electron chi connectivity index (χ3n) is 8.45. The first-order valence-electron chi connectivity index (χ1n) is 12.7. The summed E-state index contributed by atoms with van der Waals surface area (Å²) in [7, 11) is 0. The number of amides is 3. The highest BCUT2D eigenvalue weighted by Crippen LogP contribution is 2.43. The molecule has 39 heavy (non-hydrogen) atoms. The maximum absolute atomic E-state index is 14.2. The molecule has 4 aliphatic heterocycles. The fourth-order valence-electron chi connectivity index (χ4n) is 6.55. The van der Waals surface area contributed by atoms with Crippen LogP contribution in [-0.4, -0.2) is 98.2 Å². The number of nitrogens with zero attached hydrogens (tertiary/aromatic N) is 2. The van der Waals surface area contributed by atoms with Crippen LogP contribution in [-0.2, 0) is 22.4 Å². The average molecular weight is 547 g/mol. The Kier molecular flexibility index (Phi) is 5.43. The normalized spacial score (nSPS) is 32.2. The minimum Gasteiger partial charge on any atom is -0.361 e.